The molecule has 9 heteroatoms. The minimum absolute atomic E-state index is 0.0441. The van der Waals surface area contributed by atoms with E-state index >= 15 is 0 Å². The molecular formula is C18H17Cl2FN2O3S. The van der Waals surface area contributed by atoms with E-state index < -0.39 is 15.8 Å². The van der Waals surface area contributed by atoms with Crippen LogP contribution in [0, 0.1) is 11.7 Å². The van der Waals surface area contributed by atoms with E-state index in [1.807, 2.05) is 0 Å². The van der Waals surface area contributed by atoms with Crippen LogP contribution in [0.4, 0.5) is 10.1 Å². The molecule has 1 amide bonds. The van der Waals surface area contributed by atoms with Gasteiger partial charge < -0.3 is 5.32 Å². The Hall–Kier alpha value is -1.67. The summed E-state index contributed by atoms with van der Waals surface area (Å²) in [6.45, 7) is 0.443. The number of piperidine rings is 1. The van der Waals surface area contributed by atoms with Crippen LogP contribution in [0.2, 0.25) is 10.0 Å². The Morgan fingerprint density at radius 1 is 1.04 bits per heavy atom. The highest BCUT2D eigenvalue weighted by Gasteiger charge is 2.32. The summed E-state index contributed by atoms with van der Waals surface area (Å²) in [5, 5.41) is 3.52. The quantitative estimate of drug-likeness (QED) is 0.790. The molecular weight excluding hydrogens is 414 g/mol. The molecule has 0 atom stereocenters. The summed E-state index contributed by atoms with van der Waals surface area (Å²) < 4.78 is 39.6. The highest BCUT2D eigenvalue weighted by atomic mass is 35.5. The number of sulfonamides is 1. The van der Waals surface area contributed by atoms with Crippen LogP contribution in [0.5, 0.6) is 0 Å². The summed E-state index contributed by atoms with van der Waals surface area (Å²) in [6.07, 6.45) is 0.793. The van der Waals surface area contributed by atoms with Crippen LogP contribution < -0.4 is 5.32 Å². The molecule has 0 unspecified atom stereocenters. The fourth-order valence-corrected chi connectivity index (χ4v) is 4.70. The van der Waals surface area contributed by atoms with Gasteiger partial charge in [0.15, 0.2) is 0 Å². The fraction of sp³-hybridized carbons (Fsp3) is 0.278. The molecule has 0 radical (unpaired) electrons. The van der Waals surface area contributed by atoms with Crippen LogP contribution in [0.1, 0.15) is 12.8 Å². The van der Waals surface area contributed by atoms with Gasteiger partial charge in [0.05, 0.1) is 14.9 Å². The lowest BCUT2D eigenvalue weighted by atomic mass is 9.97. The highest BCUT2D eigenvalue weighted by molar-refractivity contribution is 7.89. The lowest BCUT2D eigenvalue weighted by Crippen LogP contribution is -2.41. The number of benzene rings is 2. The van der Waals surface area contributed by atoms with Crippen molar-refractivity contribution in [1.29, 1.82) is 0 Å². The lowest BCUT2D eigenvalue weighted by Gasteiger charge is -2.30. The predicted octanol–water partition coefficient (Wildman–Crippen LogP) is 4.17. The minimum atomic E-state index is -3.69. The zero-order valence-corrected chi connectivity index (χ0v) is 16.5. The molecule has 1 aliphatic rings. The Morgan fingerprint density at radius 3 is 2.26 bits per heavy atom. The Kier molecular flexibility index (Phi) is 6.05. The molecule has 1 aliphatic heterocycles. The number of nitrogens with zero attached hydrogens (tertiary/aromatic N) is 1. The third-order valence-electron chi connectivity index (χ3n) is 4.46. The zero-order chi connectivity index (χ0) is 19.6. The second-order valence-electron chi connectivity index (χ2n) is 6.25. The van der Waals surface area contributed by atoms with E-state index in [0.29, 0.717) is 28.6 Å². The van der Waals surface area contributed by atoms with Crippen molar-refractivity contribution in [2.24, 2.45) is 5.92 Å². The van der Waals surface area contributed by atoms with Crippen LogP contribution in [-0.2, 0) is 14.8 Å². The van der Waals surface area contributed by atoms with E-state index in [1.54, 1.807) is 18.2 Å². The summed E-state index contributed by atoms with van der Waals surface area (Å²) >= 11 is 11.8. The van der Waals surface area contributed by atoms with Gasteiger partial charge in [-0.25, -0.2) is 12.8 Å². The molecule has 1 fully saturated rings. The van der Waals surface area contributed by atoms with Gasteiger partial charge in [-0.05, 0) is 55.3 Å². The molecule has 0 saturated carbocycles. The second kappa shape index (κ2) is 8.14. The highest BCUT2D eigenvalue weighted by Crippen LogP contribution is 2.27. The van der Waals surface area contributed by atoms with Gasteiger partial charge in [0.1, 0.15) is 5.82 Å². The molecule has 0 bridgehead atoms. The molecule has 0 aliphatic carbocycles. The van der Waals surface area contributed by atoms with Gasteiger partial charge in [-0.2, -0.15) is 4.31 Å². The molecule has 1 saturated heterocycles. The number of hydrogen-bond acceptors (Lipinski definition) is 3. The number of amides is 1. The van der Waals surface area contributed by atoms with Crippen molar-refractivity contribution in [1.82, 2.24) is 4.31 Å². The molecule has 5 nitrogen and oxygen atoms in total. The maximum absolute atomic E-state index is 13.0. The number of carbonyl (C=O) groups is 1. The average Bonchev–Trinajstić information content (AvgIpc) is 2.65. The Balaban J connectivity index is 1.61. The number of rotatable bonds is 4. The first-order valence-corrected chi connectivity index (χ1v) is 10.5. The topological polar surface area (TPSA) is 66.5 Å². The molecule has 0 spiro atoms. The first-order chi connectivity index (χ1) is 12.8. The van der Waals surface area contributed by atoms with Crippen molar-refractivity contribution in [3.05, 3.63) is 58.3 Å². The van der Waals surface area contributed by atoms with Crippen LogP contribution in [0.3, 0.4) is 0 Å². The molecule has 27 heavy (non-hydrogen) atoms. The van der Waals surface area contributed by atoms with Gasteiger partial charge in [0.25, 0.3) is 0 Å². The number of anilines is 1. The van der Waals surface area contributed by atoms with Crippen molar-refractivity contribution < 1.29 is 17.6 Å². The largest absolute Gasteiger partial charge is 0.326 e. The fourth-order valence-electron chi connectivity index (χ4n) is 2.93. The first kappa shape index (κ1) is 20.1. The van der Waals surface area contributed by atoms with Gasteiger partial charge in [-0.15, -0.1) is 0 Å². The summed E-state index contributed by atoms with van der Waals surface area (Å²) in [4.78, 5) is 12.5. The van der Waals surface area contributed by atoms with Gasteiger partial charge in [0, 0.05) is 24.7 Å². The third kappa shape index (κ3) is 4.60. The van der Waals surface area contributed by atoms with Crippen LogP contribution in [-0.4, -0.2) is 31.7 Å². The average molecular weight is 431 g/mol. The number of carbonyl (C=O) groups excluding carboxylic acids is 1. The minimum Gasteiger partial charge on any atom is -0.326 e. The van der Waals surface area contributed by atoms with Crippen LogP contribution in [0.25, 0.3) is 0 Å². The molecule has 2 aromatic carbocycles. The van der Waals surface area contributed by atoms with Crippen molar-refractivity contribution in [3.8, 4) is 0 Å². The van der Waals surface area contributed by atoms with E-state index in [-0.39, 0.29) is 29.8 Å². The molecule has 1 N–H and O–H groups in total. The lowest BCUT2D eigenvalue weighted by molar-refractivity contribution is -0.120. The summed E-state index contributed by atoms with van der Waals surface area (Å²) in [5.74, 6) is -0.988. The van der Waals surface area contributed by atoms with Gasteiger partial charge >= 0.3 is 0 Å². The molecule has 1 heterocycles. The van der Waals surface area contributed by atoms with Crippen molar-refractivity contribution >= 4 is 44.8 Å². The maximum Gasteiger partial charge on any atom is 0.243 e. The van der Waals surface area contributed by atoms with Gasteiger partial charge in [-0.3, -0.25) is 4.79 Å². The summed E-state index contributed by atoms with van der Waals surface area (Å²) in [6, 6.07) is 9.53. The number of hydrogen-bond donors (Lipinski definition) is 1. The number of nitrogens with one attached hydrogen (secondary N) is 1. The summed E-state index contributed by atoms with van der Waals surface area (Å²) in [5.41, 5.74) is 0.538. The first-order valence-electron chi connectivity index (χ1n) is 8.29. The van der Waals surface area contributed by atoms with Crippen LogP contribution >= 0.6 is 23.2 Å². The molecule has 3 rings (SSSR count). The Labute approximate surface area is 167 Å². The van der Waals surface area contributed by atoms with E-state index in [4.69, 9.17) is 23.2 Å². The van der Waals surface area contributed by atoms with Crippen molar-refractivity contribution in [3.63, 3.8) is 0 Å². The molecule has 2 aromatic rings. The summed E-state index contributed by atoms with van der Waals surface area (Å²) in [7, 11) is -3.69. The smallest absolute Gasteiger partial charge is 0.243 e. The van der Waals surface area contributed by atoms with Crippen molar-refractivity contribution in [2.45, 2.75) is 17.7 Å². The standard InChI is InChI=1S/C18H17Cl2FN2O3S/c19-16-6-3-14(11-17(16)20)22-18(24)12-7-9-23(10-8-12)27(25,26)15-4-1-13(21)2-5-15/h1-6,11-12H,7-10H2,(H,22,24). The predicted molar refractivity (Wildman–Crippen MR) is 103 cm³/mol. The van der Waals surface area contributed by atoms with Crippen molar-refractivity contribution in [2.75, 3.05) is 18.4 Å². The SMILES string of the molecule is O=C(Nc1ccc(Cl)c(Cl)c1)C1CCN(S(=O)(=O)c2ccc(F)cc2)CC1. The Bertz CT molecular complexity index is 944. The number of halogens is 3. The van der Waals surface area contributed by atoms with E-state index in [2.05, 4.69) is 5.32 Å². The normalized spacial score (nSPS) is 16.3. The van der Waals surface area contributed by atoms with E-state index in [0.717, 1.165) is 12.1 Å². The molecule has 0 aromatic heterocycles. The van der Waals surface area contributed by atoms with E-state index in [1.165, 1.54) is 16.4 Å². The third-order valence-corrected chi connectivity index (χ3v) is 7.12. The second-order valence-corrected chi connectivity index (χ2v) is 9.00. The Morgan fingerprint density at radius 2 is 1.67 bits per heavy atom. The maximum atomic E-state index is 13.0. The zero-order valence-electron chi connectivity index (χ0n) is 14.2. The molecule has 144 valence electrons. The monoisotopic (exact) mass is 430 g/mol. The van der Waals surface area contributed by atoms with Gasteiger partial charge in [0.2, 0.25) is 15.9 Å². The van der Waals surface area contributed by atoms with Crippen LogP contribution in [0.15, 0.2) is 47.4 Å². The van der Waals surface area contributed by atoms with Gasteiger partial charge in [-0.1, -0.05) is 23.2 Å². The van der Waals surface area contributed by atoms with E-state index in [9.17, 15) is 17.6 Å².